The van der Waals surface area contributed by atoms with E-state index in [0.29, 0.717) is 18.4 Å². The number of rotatable bonds is 9. The van der Waals surface area contributed by atoms with Gasteiger partial charge in [0.1, 0.15) is 6.61 Å². The molecule has 1 fully saturated rings. The molecule has 0 amide bonds. The van der Waals surface area contributed by atoms with Gasteiger partial charge in [-0.2, -0.15) is 0 Å². The van der Waals surface area contributed by atoms with Crippen LogP contribution in [0.5, 0.6) is 0 Å². The summed E-state index contributed by atoms with van der Waals surface area (Å²) in [5.74, 6) is 1.38. The lowest BCUT2D eigenvalue weighted by atomic mass is 10.1. The molecule has 1 aliphatic heterocycles. The van der Waals surface area contributed by atoms with Crippen molar-refractivity contribution in [3.8, 4) is 0 Å². The Bertz CT molecular complexity index is 215. The monoisotopic (exact) mass is 264 g/mol. The van der Waals surface area contributed by atoms with E-state index in [1.807, 2.05) is 0 Å². The Morgan fingerprint density at radius 2 is 2.17 bits per heavy atom. The van der Waals surface area contributed by atoms with E-state index in [2.05, 4.69) is 24.1 Å². The molecule has 1 rings (SSSR count). The Morgan fingerprint density at radius 3 is 2.83 bits per heavy atom. The molecule has 1 atom stereocenters. The zero-order chi connectivity index (χ0) is 13.4. The minimum atomic E-state index is -2.35. The van der Waals surface area contributed by atoms with Crippen molar-refractivity contribution in [3.05, 3.63) is 0 Å². The van der Waals surface area contributed by atoms with Gasteiger partial charge in [-0.25, -0.2) is 8.78 Å². The summed E-state index contributed by atoms with van der Waals surface area (Å²) >= 11 is 0. The van der Waals surface area contributed by atoms with Crippen molar-refractivity contribution in [2.45, 2.75) is 26.7 Å². The maximum atomic E-state index is 11.9. The maximum absolute atomic E-state index is 11.9. The van der Waals surface area contributed by atoms with E-state index in [9.17, 15) is 8.78 Å². The van der Waals surface area contributed by atoms with Crippen molar-refractivity contribution in [1.82, 2.24) is 10.2 Å². The zero-order valence-electron chi connectivity index (χ0n) is 11.5. The second kappa shape index (κ2) is 8.77. The Kier molecular flexibility index (Phi) is 7.70. The molecule has 0 aromatic heterocycles. The molecule has 0 saturated carbocycles. The quantitative estimate of drug-likeness (QED) is 0.643. The van der Waals surface area contributed by atoms with Crippen LogP contribution in [0.3, 0.4) is 0 Å². The molecule has 18 heavy (non-hydrogen) atoms. The predicted octanol–water partition coefficient (Wildman–Crippen LogP) is 1.84. The van der Waals surface area contributed by atoms with Crippen molar-refractivity contribution in [2.24, 2.45) is 11.8 Å². The van der Waals surface area contributed by atoms with Crippen LogP contribution in [0.2, 0.25) is 0 Å². The van der Waals surface area contributed by atoms with Crippen LogP contribution >= 0.6 is 0 Å². The Balaban J connectivity index is 1.99. The minimum Gasteiger partial charge on any atom is -0.374 e. The second-order valence-electron chi connectivity index (χ2n) is 5.47. The molecule has 0 radical (unpaired) electrons. The summed E-state index contributed by atoms with van der Waals surface area (Å²) in [6, 6.07) is 0. The summed E-state index contributed by atoms with van der Waals surface area (Å²) in [6.07, 6.45) is -1.16. The van der Waals surface area contributed by atoms with E-state index in [0.717, 1.165) is 32.7 Å². The normalized spacial score (nSPS) is 21.3. The first-order chi connectivity index (χ1) is 8.58. The third kappa shape index (κ3) is 7.24. The van der Waals surface area contributed by atoms with Gasteiger partial charge in [0, 0.05) is 13.1 Å². The number of hydrogen-bond donors (Lipinski definition) is 1. The maximum Gasteiger partial charge on any atom is 0.261 e. The van der Waals surface area contributed by atoms with Crippen LogP contribution in [0.15, 0.2) is 0 Å². The SMILES string of the molecule is CC(C)CNCC1CCN(CCOCC(F)F)C1. The molecule has 0 bridgehead atoms. The molecule has 108 valence electrons. The lowest BCUT2D eigenvalue weighted by molar-refractivity contribution is 0.0112. The van der Waals surface area contributed by atoms with Gasteiger partial charge in [-0.15, -0.1) is 0 Å². The van der Waals surface area contributed by atoms with Gasteiger partial charge >= 0.3 is 0 Å². The topological polar surface area (TPSA) is 24.5 Å². The molecule has 1 saturated heterocycles. The van der Waals surface area contributed by atoms with E-state index < -0.39 is 13.0 Å². The largest absolute Gasteiger partial charge is 0.374 e. The molecule has 1 aliphatic rings. The third-order valence-corrected chi connectivity index (χ3v) is 3.15. The molecule has 1 heterocycles. The Morgan fingerprint density at radius 1 is 1.39 bits per heavy atom. The first kappa shape index (κ1) is 15.8. The van der Waals surface area contributed by atoms with Crippen LogP contribution in [0.4, 0.5) is 8.78 Å². The van der Waals surface area contributed by atoms with Crippen molar-refractivity contribution in [3.63, 3.8) is 0 Å². The summed E-state index contributed by atoms with van der Waals surface area (Å²) in [6.45, 7) is 9.40. The van der Waals surface area contributed by atoms with Crippen LogP contribution in [0.1, 0.15) is 20.3 Å². The average molecular weight is 264 g/mol. The van der Waals surface area contributed by atoms with E-state index in [1.54, 1.807) is 0 Å². The van der Waals surface area contributed by atoms with Gasteiger partial charge in [-0.1, -0.05) is 13.8 Å². The van der Waals surface area contributed by atoms with Crippen LogP contribution in [-0.2, 0) is 4.74 Å². The fraction of sp³-hybridized carbons (Fsp3) is 1.00. The highest BCUT2D eigenvalue weighted by Gasteiger charge is 2.21. The molecule has 5 heteroatoms. The third-order valence-electron chi connectivity index (χ3n) is 3.15. The van der Waals surface area contributed by atoms with Gasteiger partial charge < -0.3 is 15.0 Å². The van der Waals surface area contributed by atoms with Crippen LogP contribution < -0.4 is 5.32 Å². The zero-order valence-corrected chi connectivity index (χ0v) is 11.5. The second-order valence-corrected chi connectivity index (χ2v) is 5.47. The average Bonchev–Trinajstić information content (AvgIpc) is 2.72. The molecule has 0 aromatic carbocycles. The number of nitrogens with one attached hydrogen (secondary N) is 1. The van der Waals surface area contributed by atoms with Gasteiger partial charge in [0.2, 0.25) is 0 Å². The highest BCUT2D eigenvalue weighted by Crippen LogP contribution is 2.14. The molecule has 0 spiro atoms. The fourth-order valence-electron chi connectivity index (χ4n) is 2.22. The van der Waals surface area contributed by atoms with Crippen LogP contribution in [-0.4, -0.2) is 57.3 Å². The Labute approximate surface area is 109 Å². The van der Waals surface area contributed by atoms with Gasteiger partial charge in [0.25, 0.3) is 6.43 Å². The molecular formula is C13H26F2N2O. The standard InChI is InChI=1S/C13H26F2N2O/c1-11(2)7-16-8-12-3-4-17(9-12)5-6-18-10-13(14)15/h11-13,16H,3-10H2,1-2H3. The summed E-state index contributed by atoms with van der Waals surface area (Å²) in [4.78, 5) is 2.30. The van der Waals surface area contributed by atoms with Crippen LogP contribution in [0, 0.1) is 11.8 Å². The Hall–Kier alpha value is -0.260. The summed E-state index contributed by atoms with van der Waals surface area (Å²) in [5, 5.41) is 3.47. The lowest BCUT2D eigenvalue weighted by Crippen LogP contribution is -2.30. The van der Waals surface area contributed by atoms with Crippen molar-refractivity contribution >= 4 is 0 Å². The molecule has 3 nitrogen and oxygen atoms in total. The summed E-state index contributed by atoms with van der Waals surface area (Å²) in [7, 11) is 0. The highest BCUT2D eigenvalue weighted by molar-refractivity contribution is 4.77. The minimum absolute atomic E-state index is 0.413. The molecule has 0 aromatic rings. The molecular weight excluding hydrogens is 238 g/mol. The summed E-state index contributed by atoms with van der Waals surface area (Å²) in [5.41, 5.74) is 0. The van der Waals surface area contributed by atoms with Crippen molar-refractivity contribution in [2.75, 3.05) is 45.9 Å². The number of hydrogen-bond acceptors (Lipinski definition) is 3. The van der Waals surface area contributed by atoms with Gasteiger partial charge in [0.05, 0.1) is 6.61 Å². The number of ether oxygens (including phenoxy) is 1. The number of alkyl halides is 2. The van der Waals surface area contributed by atoms with E-state index in [1.165, 1.54) is 6.42 Å². The van der Waals surface area contributed by atoms with E-state index in [-0.39, 0.29) is 0 Å². The fourth-order valence-corrected chi connectivity index (χ4v) is 2.22. The van der Waals surface area contributed by atoms with E-state index in [4.69, 9.17) is 4.74 Å². The molecule has 1 unspecified atom stereocenters. The first-order valence-corrected chi connectivity index (χ1v) is 6.87. The number of halogens is 2. The smallest absolute Gasteiger partial charge is 0.261 e. The molecule has 1 N–H and O–H groups in total. The van der Waals surface area contributed by atoms with E-state index >= 15 is 0 Å². The van der Waals surface area contributed by atoms with Gasteiger partial charge in [-0.3, -0.25) is 0 Å². The summed E-state index contributed by atoms with van der Waals surface area (Å²) < 4.78 is 28.6. The predicted molar refractivity (Wildman–Crippen MR) is 69.1 cm³/mol. The lowest BCUT2D eigenvalue weighted by Gasteiger charge is -2.16. The number of nitrogens with zero attached hydrogens (tertiary/aromatic N) is 1. The van der Waals surface area contributed by atoms with Crippen molar-refractivity contribution < 1.29 is 13.5 Å². The highest BCUT2D eigenvalue weighted by atomic mass is 19.3. The van der Waals surface area contributed by atoms with Crippen molar-refractivity contribution in [1.29, 1.82) is 0 Å². The number of likely N-dealkylation sites (tertiary alicyclic amines) is 1. The van der Waals surface area contributed by atoms with Gasteiger partial charge in [0.15, 0.2) is 0 Å². The van der Waals surface area contributed by atoms with Gasteiger partial charge in [-0.05, 0) is 37.9 Å². The first-order valence-electron chi connectivity index (χ1n) is 6.87. The molecule has 0 aliphatic carbocycles. The van der Waals surface area contributed by atoms with Crippen LogP contribution in [0.25, 0.3) is 0 Å².